The fourth-order valence-electron chi connectivity index (χ4n) is 1.36. The van der Waals surface area contributed by atoms with Crippen LogP contribution in [-0.2, 0) is 0 Å². The van der Waals surface area contributed by atoms with Crippen molar-refractivity contribution in [3.05, 3.63) is 57.0 Å². The first-order valence-electron chi connectivity index (χ1n) is 6.24. The fraction of sp³-hybridized carbons (Fsp3) is 0.214. The fourth-order valence-corrected chi connectivity index (χ4v) is 1.82. The second-order valence-corrected chi connectivity index (χ2v) is 5.85. The maximum absolute atomic E-state index is 11.9. The molecule has 0 aromatic carbocycles. The maximum atomic E-state index is 11.9. The SMILES string of the molecule is O=C(c1ccc(Br)nc1)C(F)F.OC(c1ccc(Br)nc1)C(F)F.[B].[H-].[Na+]. The van der Waals surface area contributed by atoms with Crippen molar-refractivity contribution in [2.24, 2.45) is 0 Å². The van der Waals surface area contributed by atoms with Gasteiger partial charge in [0.2, 0.25) is 5.78 Å². The molecule has 1 unspecified atom stereocenters. The second kappa shape index (κ2) is 13.8. The molecule has 0 spiro atoms. The number of halogens is 6. The summed E-state index contributed by atoms with van der Waals surface area (Å²) in [7, 11) is 0. The summed E-state index contributed by atoms with van der Waals surface area (Å²) in [5, 5.41) is 8.88. The number of carbonyl (C=O) groups excluding carboxylic acids is 1. The number of ketones is 1. The van der Waals surface area contributed by atoms with Crippen LogP contribution in [0.1, 0.15) is 23.5 Å². The summed E-state index contributed by atoms with van der Waals surface area (Å²) in [5.74, 6) is -1.20. The predicted molar refractivity (Wildman–Crippen MR) is 92.0 cm³/mol. The summed E-state index contributed by atoms with van der Waals surface area (Å²) in [5.41, 5.74) is 0.0430. The van der Waals surface area contributed by atoms with Crippen molar-refractivity contribution in [3.8, 4) is 0 Å². The topological polar surface area (TPSA) is 63.1 Å². The molecule has 1 N–H and O–H groups in total. The van der Waals surface area contributed by atoms with E-state index in [0.717, 1.165) is 6.20 Å². The first-order valence-corrected chi connectivity index (χ1v) is 7.82. The number of nitrogens with zero attached hydrogens (tertiary/aromatic N) is 2. The van der Waals surface area contributed by atoms with E-state index in [1.54, 1.807) is 0 Å². The molecule has 0 saturated carbocycles. The van der Waals surface area contributed by atoms with Crippen LogP contribution in [0.5, 0.6) is 0 Å². The van der Waals surface area contributed by atoms with Gasteiger partial charge in [-0.05, 0) is 50.1 Å². The van der Waals surface area contributed by atoms with Crippen molar-refractivity contribution in [1.29, 1.82) is 0 Å². The average Bonchev–Trinajstić information content (AvgIpc) is 2.55. The second-order valence-electron chi connectivity index (χ2n) is 4.23. The van der Waals surface area contributed by atoms with Crippen LogP contribution in [0.15, 0.2) is 45.9 Å². The van der Waals surface area contributed by atoms with Crippen LogP contribution in [0.4, 0.5) is 17.6 Å². The van der Waals surface area contributed by atoms with Crippen LogP contribution in [-0.4, -0.2) is 42.1 Å². The number of aliphatic hydroxyl groups is 1. The van der Waals surface area contributed by atoms with Crippen molar-refractivity contribution in [3.63, 3.8) is 0 Å². The number of aromatic nitrogens is 2. The normalized spacial score (nSPS) is 11.0. The summed E-state index contributed by atoms with van der Waals surface area (Å²) in [6.45, 7) is 0. The molecular formula is C14H11BBr2F4N2NaO2. The molecule has 0 aliphatic carbocycles. The van der Waals surface area contributed by atoms with E-state index in [1.807, 2.05) is 0 Å². The van der Waals surface area contributed by atoms with Gasteiger partial charge < -0.3 is 6.53 Å². The Bertz CT molecular complexity index is 673. The van der Waals surface area contributed by atoms with Crippen molar-refractivity contribution >= 4 is 46.1 Å². The van der Waals surface area contributed by atoms with Gasteiger partial charge in [0.05, 0.1) is 0 Å². The Hall–Kier alpha value is -0.325. The summed E-state index contributed by atoms with van der Waals surface area (Å²) in [6, 6.07) is 5.63. The molecule has 3 radical (unpaired) electrons. The molecule has 2 aromatic rings. The summed E-state index contributed by atoms with van der Waals surface area (Å²) in [6.07, 6.45) is -5.16. The maximum Gasteiger partial charge on any atom is 1.00 e. The number of rotatable bonds is 4. The van der Waals surface area contributed by atoms with Gasteiger partial charge in [0.1, 0.15) is 15.3 Å². The van der Waals surface area contributed by atoms with E-state index in [-0.39, 0.29) is 50.5 Å². The molecule has 0 aliphatic heterocycles. The van der Waals surface area contributed by atoms with Crippen molar-refractivity contribution < 1.29 is 58.4 Å². The van der Waals surface area contributed by atoms with E-state index in [1.165, 1.54) is 30.5 Å². The molecular weight excluding hydrogens is 498 g/mol. The molecule has 1 atom stereocenters. The summed E-state index contributed by atoms with van der Waals surface area (Å²) >= 11 is 6.07. The Kier molecular flexibility index (Phi) is 14.8. The number of hydrogen-bond acceptors (Lipinski definition) is 4. The first kappa shape index (κ1) is 27.9. The molecule has 0 fully saturated rings. The molecule has 12 heteroatoms. The van der Waals surface area contributed by atoms with Gasteiger partial charge in [0, 0.05) is 31.9 Å². The van der Waals surface area contributed by atoms with Gasteiger partial charge in [-0.2, -0.15) is 0 Å². The van der Waals surface area contributed by atoms with E-state index in [0.29, 0.717) is 9.21 Å². The van der Waals surface area contributed by atoms with Gasteiger partial charge >= 0.3 is 36.0 Å². The van der Waals surface area contributed by atoms with Gasteiger partial charge in [0.25, 0.3) is 6.43 Å². The average molecular weight is 509 g/mol. The third-order valence-electron chi connectivity index (χ3n) is 2.54. The van der Waals surface area contributed by atoms with Crippen molar-refractivity contribution in [2.75, 3.05) is 0 Å². The predicted octanol–water partition coefficient (Wildman–Crippen LogP) is 1.17. The minimum absolute atomic E-state index is 0. The van der Waals surface area contributed by atoms with E-state index in [9.17, 15) is 22.4 Å². The molecule has 2 heterocycles. The van der Waals surface area contributed by atoms with Crippen molar-refractivity contribution in [2.45, 2.75) is 19.0 Å². The molecule has 135 valence electrons. The molecule has 2 aromatic heterocycles. The van der Waals surface area contributed by atoms with E-state index >= 15 is 0 Å². The van der Waals surface area contributed by atoms with Gasteiger partial charge in [-0.15, -0.1) is 0 Å². The van der Waals surface area contributed by atoms with Crippen molar-refractivity contribution in [1.82, 2.24) is 9.97 Å². The molecule has 0 saturated heterocycles. The van der Waals surface area contributed by atoms with Crippen LogP contribution in [0.3, 0.4) is 0 Å². The summed E-state index contributed by atoms with van der Waals surface area (Å²) < 4.78 is 48.6. The Labute approximate surface area is 189 Å². The zero-order valence-electron chi connectivity index (χ0n) is 14.3. The molecule has 2 rings (SSSR count). The number of aliphatic hydroxyl groups excluding tert-OH is 1. The number of hydrogen-bond donors (Lipinski definition) is 1. The van der Waals surface area contributed by atoms with Gasteiger partial charge in [0.15, 0.2) is 0 Å². The number of Topliss-reactive ketones (excluding diaryl/α,β-unsaturated/α-hetero) is 1. The smallest absolute Gasteiger partial charge is 1.00 e. The van der Waals surface area contributed by atoms with Gasteiger partial charge in [-0.25, -0.2) is 27.5 Å². The Morgan fingerprint density at radius 3 is 1.85 bits per heavy atom. The van der Waals surface area contributed by atoms with Crippen LogP contribution in [0.2, 0.25) is 0 Å². The first-order chi connectivity index (χ1) is 11.2. The quantitative estimate of drug-likeness (QED) is 0.292. The zero-order valence-corrected chi connectivity index (χ0v) is 18.5. The molecule has 0 bridgehead atoms. The minimum atomic E-state index is -2.96. The number of alkyl halides is 4. The monoisotopic (exact) mass is 507 g/mol. The van der Waals surface area contributed by atoms with Crippen LogP contribution < -0.4 is 29.6 Å². The summed E-state index contributed by atoms with van der Waals surface area (Å²) in [4.78, 5) is 18.0. The standard InChI is InChI=1S/C7H6BrF2NO.C7H4BrF2NO.B.Na.H/c2*8-5-2-1-4(3-11-5)6(12)7(9)10;;;/h1-3,6-7,12H;1-3,7H;;;/q;;;+1;-1. The third-order valence-corrected chi connectivity index (χ3v) is 3.48. The van der Waals surface area contributed by atoms with E-state index in [2.05, 4.69) is 41.8 Å². The zero-order chi connectivity index (χ0) is 18.3. The number of pyridine rings is 2. The molecule has 26 heavy (non-hydrogen) atoms. The Morgan fingerprint density at radius 2 is 1.50 bits per heavy atom. The molecule has 0 amide bonds. The Balaban J connectivity index is -0.000000384. The Morgan fingerprint density at radius 1 is 1.00 bits per heavy atom. The van der Waals surface area contributed by atoms with Gasteiger partial charge in [-0.3, -0.25) is 4.79 Å². The molecule has 4 nitrogen and oxygen atoms in total. The molecule has 0 aliphatic rings. The van der Waals surface area contributed by atoms with Crippen LogP contribution in [0, 0.1) is 0 Å². The van der Waals surface area contributed by atoms with E-state index in [4.69, 9.17) is 5.11 Å². The van der Waals surface area contributed by atoms with E-state index < -0.39 is 24.7 Å². The van der Waals surface area contributed by atoms with Gasteiger partial charge in [-0.1, -0.05) is 6.07 Å². The third kappa shape index (κ3) is 9.56. The van der Waals surface area contributed by atoms with Crippen LogP contribution >= 0.6 is 31.9 Å². The minimum Gasteiger partial charge on any atom is -1.00 e. The van der Waals surface area contributed by atoms with Crippen LogP contribution in [0.25, 0.3) is 0 Å². The number of carbonyl (C=O) groups is 1. The largest absolute Gasteiger partial charge is 1.00 e.